The molecule has 0 aromatic heterocycles. The molecule has 2 atom stereocenters. The van der Waals surface area contributed by atoms with Gasteiger partial charge in [0.1, 0.15) is 18.5 Å². The predicted octanol–water partition coefficient (Wildman–Crippen LogP) is 3.69. The lowest BCUT2D eigenvalue weighted by Crippen LogP contribution is -2.38. The van der Waals surface area contributed by atoms with Crippen molar-refractivity contribution in [3.05, 3.63) is 59.7 Å². The second kappa shape index (κ2) is 7.62. The molecule has 144 valence electrons. The first-order valence-corrected chi connectivity index (χ1v) is 10.9. The zero-order valence-electron chi connectivity index (χ0n) is 15.5. The molecule has 1 fully saturated rings. The molecule has 4 rings (SSSR count). The predicted molar refractivity (Wildman–Crippen MR) is 103 cm³/mol. The van der Waals surface area contributed by atoms with Crippen LogP contribution in [0.15, 0.2) is 53.4 Å². The molecule has 0 amide bonds. The van der Waals surface area contributed by atoms with E-state index in [1.165, 1.54) is 12.8 Å². The first-order chi connectivity index (χ1) is 13.0. The third-order valence-corrected chi connectivity index (χ3v) is 6.73. The van der Waals surface area contributed by atoms with Crippen LogP contribution in [-0.4, -0.2) is 39.1 Å². The highest BCUT2D eigenvalue weighted by atomic mass is 32.2. The minimum Gasteiger partial charge on any atom is -0.492 e. The fourth-order valence-corrected chi connectivity index (χ4v) is 4.94. The van der Waals surface area contributed by atoms with Gasteiger partial charge in [-0.2, -0.15) is 8.42 Å². The Morgan fingerprint density at radius 2 is 1.74 bits per heavy atom. The number of likely N-dealkylation sites (tertiary alicyclic amines) is 1. The maximum atomic E-state index is 12.9. The number of fused-ring (bicyclic) bond motifs is 1. The molecule has 2 aliphatic heterocycles. The van der Waals surface area contributed by atoms with E-state index in [9.17, 15) is 8.42 Å². The number of rotatable bonds is 4. The van der Waals surface area contributed by atoms with Crippen LogP contribution in [0.1, 0.15) is 36.5 Å². The van der Waals surface area contributed by atoms with Crippen LogP contribution in [0.2, 0.25) is 0 Å². The van der Waals surface area contributed by atoms with Gasteiger partial charge in [0.25, 0.3) is 10.1 Å². The number of nitrogens with zero attached hydrogens (tertiary/aromatic N) is 1. The largest absolute Gasteiger partial charge is 0.492 e. The van der Waals surface area contributed by atoms with Crippen molar-refractivity contribution in [3.63, 3.8) is 0 Å². The summed E-state index contributed by atoms with van der Waals surface area (Å²) in [6.45, 7) is 4.54. The fourth-order valence-electron chi connectivity index (χ4n) is 3.87. The Balaban J connectivity index is 1.63. The van der Waals surface area contributed by atoms with Gasteiger partial charge >= 0.3 is 0 Å². The van der Waals surface area contributed by atoms with Gasteiger partial charge in [-0.15, -0.1) is 0 Å². The fraction of sp³-hybridized carbons (Fsp3) is 0.429. The molecule has 2 aromatic rings. The highest BCUT2D eigenvalue weighted by Crippen LogP contribution is 2.37. The summed E-state index contributed by atoms with van der Waals surface area (Å²) in [7, 11) is -3.86. The molecule has 0 bridgehead atoms. The first-order valence-electron chi connectivity index (χ1n) is 9.49. The molecule has 27 heavy (non-hydrogen) atoms. The van der Waals surface area contributed by atoms with E-state index in [1.807, 2.05) is 31.2 Å². The molecule has 0 aliphatic carbocycles. The first kappa shape index (κ1) is 18.5. The van der Waals surface area contributed by atoms with Crippen molar-refractivity contribution in [2.45, 2.75) is 43.2 Å². The van der Waals surface area contributed by atoms with Crippen LogP contribution in [0, 0.1) is 6.92 Å². The molecule has 2 heterocycles. The summed E-state index contributed by atoms with van der Waals surface area (Å²) in [4.78, 5) is 2.58. The molecule has 2 aliphatic rings. The zero-order valence-corrected chi connectivity index (χ0v) is 16.3. The van der Waals surface area contributed by atoms with Crippen molar-refractivity contribution in [1.29, 1.82) is 0 Å². The van der Waals surface area contributed by atoms with Crippen molar-refractivity contribution < 1.29 is 17.3 Å². The highest BCUT2D eigenvalue weighted by Gasteiger charge is 2.34. The summed E-state index contributed by atoms with van der Waals surface area (Å²) < 4.78 is 37.6. The Kier molecular flexibility index (Phi) is 5.21. The van der Waals surface area contributed by atoms with Crippen molar-refractivity contribution in [2.75, 3.05) is 19.7 Å². The number of para-hydroxylation sites is 1. The maximum Gasteiger partial charge on any atom is 0.297 e. The molecule has 0 spiro atoms. The van der Waals surface area contributed by atoms with Gasteiger partial charge in [0.15, 0.2) is 0 Å². The molecule has 5 nitrogen and oxygen atoms in total. The van der Waals surface area contributed by atoms with Gasteiger partial charge in [-0.3, -0.25) is 9.08 Å². The average Bonchev–Trinajstić information content (AvgIpc) is 3.13. The lowest BCUT2D eigenvalue weighted by atomic mass is 10.0. The van der Waals surface area contributed by atoms with Gasteiger partial charge < -0.3 is 4.74 Å². The van der Waals surface area contributed by atoms with Crippen LogP contribution in [0.25, 0.3) is 0 Å². The van der Waals surface area contributed by atoms with Crippen LogP contribution < -0.4 is 4.74 Å². The summed E-state index contributed by atoms with van der Waals surface area (Å²) in [6.07, 6.45) is 2.40. The van der Waals surface area contributed by atoms with E-state index in [4.69, 9.17) is 8.92 Å². The number of aryl methyl sites for hydroxylation is 1. The van der Waals surface area contributed by atoms with E-state index in [2.05, 4.69) is 4.90 Å². The quantitative estimate of drug-likeness (QED) is 0.749. The minimum atomic E-state index is -3.86. The lowest BCUT2D eigenvalue weighted by molar-refractivity contribution is 0.118. The molecule has 1 saturated heterocycles. The monoisotopic (exact) mass is 387 g/mol. The Hall–Kier alpha value is -1.89. The molecule has 0 saturated carbocycles. The van der Waals surface area contributed by atoms with E-state index in [-0.39, 0.29) is 10.9 Å². The summed E-state index contributed by atoms with van der Waals surface area (Å²) in [6, 6.07) is 14.5. The van der Waals surface area contributed by atoms with Gasteiger partial charge in [-0.1, -0.05) is 35.9 Å². The van der Waals surface area contributed by atoms with Gasteiger partial charge in [0, 0.05) is 11.6 Å². The van der Waals surface area contributed by atoms with Crippen molar-refractivity contribution in [2.24, 2.45) is 0 Å². The minimum absolute atomic E-state index is 0.151. The van der Waals surface area contributed by atoms with Gasteiger partial charge in [-0.25, -0.2) is 0 Å². The topological polar surface area (TPSA) is 55.8 Å². The van der Waals surface area contributed by atoms with Crippen molar-refractivity contribution >= 4 is 10.1 Å². The lowest BCUT2D eigenvalue weighted by Gasteiger charge is -2.27. The second-order valence-corrected chi connectivity index (χ2v) is 8.91. The van der Waals surface area contributed by atoms with Crippen LogP contribution in [-0.2, 0) is 14.3 Å². The molecule has 2 aromatic carbocycles. The highest BCUT2D eigenvalue weighted by molar-refractivity contribution is 7.86. The van der Waals surface area contributed by atoms with Crippen LogP contribution in [0.4, 0.5) is 0 Å². The van der Waals surface area contributed by atoms with Gasteiger partial charge in [0.05, 0.1) is 4.90 Å². The summed E-state index contributed by atoms with van der Waals surface area (Å²) in [5, 5.41) is 0. The second-order valence-electron chi connectivity index (χ2n) is 7.33. The zero-order chi connectivity index (χ0) is 18.9. The number of hydrogen-bond donors (Lipinski definition) is 0. The molecule has 0 radical (unpaired) electrons. The maximum absolute atomic E-state index is 12.9. The Bertz CT molecular complexity index is 889. The number of hydrogen-bond acceptors (Lipinski definition) is 5. The smallest absolute Gasteiger partial charge is 0.297 e. The van der Waals surface area contributed by atoms with E-state index in [0.29, 0.717) is 18.8 Å². The Morgan fingerprint density at radius 3 is 2.48 bits per heavy atom. The molecule has 0 N–H and O–H groups in total. The molecular formula is C21H25NO4S. The summed E-state index contributed by atoms with van der Waals surface area (Å²) in [5.74, 6) is 0.711. The number of ether oxygens (including phenoxy) is 1. The van der Waals surface area contributed by atoms with Crippen LogP contribution >= 0.6 is 0 Å². The van der Waals surface area contributed by atoms with E-state index >= 15 is 0 Å². The molecular weight excluding hydrogens is 362 g/mol. The standard InChI is InChI=1S/C21H25NO4S/c1-16-8-10-18(11-9-16)27(23,24)26-21-14-17(22-12-4-5-13-22)15-25-20-7-3-2-6-19(20)21/h2-3,6-11,17,21H,4-5,12-15H2,1H3/t17-,21-/m0/s1. The van der Waals surface area contributed by atoms with E-state index < -0.39 is 16.2 Å². The summed E-state index contributed by atoms with van der Waals surface area (Å²) >= 11 is 0. The van der Waals surface area contributed by atoms with E-state index in [0.717, 1.165) is 24.2 Å². The normalized spacial score (nSPS) is 23.4. The Morgan fingerprint density at radius 1 is 1.04 bits per heavy atom. The van der Waals surface area contributed by atoms with Crippen LogP contribution in [0.3, 0.4) is 0 Å². The van der Waals surface area contributed by atoms with E-state index in [1.54, 1.807) is 24.3 Å². The molecule has 0 unspecified atom stereocenters. The van der Waals surface area contributed by atoms with Gasteiger partial charge in [-0.05, 0) is 57.5 Å². The SMILES string of the molecule is Cc1ccc(S(=O)(=O)O[C@H]2C[C@H](N3CCCC3)COc3ccccc32)cc1. The summed E-state index contributed by atoms with van der Waals surface area (Å²) in [5.41, 5.74) is 1.81. The Labute approximate surface area is 161 Å². The van der Waals surface area contributed by atoms with Crippen molar-refractivity contribution in [3.8, 4) is 5.75 Å². The number of benzene rings is 2. The van der Waals surface area contributed by atoms with Gasteiger partial charge in [0.2, 0.25) is 0 Å². The molecule has 6 heteroatoms. The third kappa shape index (κ3) is 4.03. The third-order valence-electron chi connectivity index (χ3n) is 5.39. The van der Waals surface area contributed by atoms with Crippen molar-refractivity contribution in [1.82, 2.24) is 4.90 Å². The van der Waals surface area contributed by atoms with Crippen LogP contribution in [0.5, 0.6) is 5.75 Å². The average molecular weight is 388 g/mol.